The molecule has 0 aromatic heterocycles. The molecule has 23 heavy (non-hydrogen) atoms. The quantitative estimate of drug-likeness (QED) is 0.611. The molecule has 1 aromatic rings. The van der Waals surface area contributed by atoms with Crippen LogP contribution >= 0.6 is 0 Å². The van der Waals surface area contributed by atoms with E-state index >= 15 is 0 Å². The number of rotatable bonds is 4. The first-order chi connectivity index (χ1) is 10.4. The van der Waals surface area contributed by atoms with E-state index in [4.69, 9.17) is 9.31 Å². The standard InChI is InChI=1S/C16H20BF3O3/c1-14(2)15(3,4)23-17(22-14)13(16(18,19)20)10-12(21)11-8-6-5-7-9-11/h5-9,13H,10H2,1-4H3. The van der Waals surface area contributed by atoms with E-state index in [1.807, 2.05) is 0 Å². The van der Waals surface area contributed by atoms with E-state index in [0.717, 1.165) is 0 Å². The summed E-state index contributed by atoms with van der Waals surface area (Å²) in [4.78, 5) is 12.2. The van der Waals surface area contributed by atoms with Gasteiger partial charge in [-0.1, -0.05) is 30.3 Å². The van der Waals surface area contributed by atoms with E-state index < -0.39 is 42.5 Å². The summed E-state index contributed by atoms with van der Waals surface area (Å²) in [6, 6.07) is 7.93. The molecule has 1 unspecified atom stereocenters. The lowest BCUT2D eigenvalue weighted by atomic mass is 9.68. The van der Waals surface area contributed by atoms with E-state index in [9.17, 15) is 18.0 Å². The van der Waals surface area contributed by atoms with Crippen LogP contribution in [0.1, 0.15) is 44.5 Å². The average molecular weight is 328 g/mol. The van der Waals surface area contributed by atoms with E-state index in [-0.39, 0.29) is 5.56 Å². The number of ketones is 1. The van der Waals surface area contributed by atoms with Gasteiger partial charge in [-0.15, -0.1) is 0 Å². The van der Waals surface area contributed by atoms with Crippen LogP contribution in [0, 0.1) is 0 Å². The maximum Gasteiger partial charge on any atom is 0.470 e. The molecule has 1 aromatic carbocycles. The molecule has 1 atom stereocenters. The highest BCUT2D eigenvalue weighted by Crippen LogP contribution is 2.46. The SMILES string of the molecule is CC1(C)OB(C(CC(=O)c2ccccc2)C(F)(F)F)OC1(C)C. The lowest BCUT2D eigenvalue weighted by Gasteiger charge is -2.32. The molecular formula is C16H20BF3O3. The molecule has 0 spiro atoms. The second-order valence-corrected chi connectivity index (χ2v) is 6.77. The topological polar surface area (TPSA) is 35.5 Å². The highest BCUT2D eigenvalue weighted by atomic mass is 19.4. The molecule has 0 radical (unpaired) electrons. The molecule has 2 rings (SSSR count). The summed E-state index contributed by atoms with van der Waals surface area (Å²) < 4.78 is 51.3. The minimum atomic E-state index is -4.59. The van der Waals surface area contributed by atoms with Crippen LogP contribution in [0.3, 0.4) is 0 Å². The van der Waals surface area contributed by atoms with Gasteiger partial charge in [0.2, 0.25) is 0 Å². The van der Waals surface area contributed by atoms with E-state index in [2.05, 4.69) is 0 Å². The number of carbonyl (C=O) groups is 1. The molecule has 1 saturated heterocycles. The van der Waals surface area contributed by atoms with Crippen LogP contribution in [-0.4, -0.2) is 30.3 Å². The molecule has 1 aliphatic rings. The van der Waals surface area contributed by atoms with Gasteiger partial charge in [-0.05, 0) is 27.7 Å². The van der Waals surface area contributed by atoms with Gasteiger partial charge in [0.15, 0.2) is 5.78 Å². The van der Waals surface area contributed by atoms with Gasteiger partial charge in [0.05, 0.1) is 17.0 Å². The van der Waals surface area contributed by atoms with Crippen molar-refractivity contribution < 1.29 is 27.3 Å². The molecule has 0 aliphatic carbocycles. The summed E-state index contributed by atoms with van der Waals surface area (Å²) in [5.41, 5.74) is -1.51. The Kier molecular flexibility index (Phi) is 4.65. The monoisotopic (exact) mass is 328 g/mol. The van der Waals surface area contributed by atoms with Crippen LogP contribution in [0.5, 0.6) is 0 Å². The van der Waals surface area contributed by atoms with Crippen molar-refractivity contribution in [2.45, 2.75) is 57.3 Å². The van der Waals surface area contributed by atoms with Crippen molar-refractivity contribution in [1.82, 2.24) is 0 Å². The smallest absolute Gasteiger partial charge is 0.403 e. The molecule has 1 heterocycles. The second kappa shape index (κ2) is 5.94. The largest absolute Gasteiger partial charge is 0.470 e. The number of benzene rings is 1. The summed E-state index contributed by atoms with van der Waals surface area (Å²) in [6.07, 6.45) is -5.30. The zero-order chi connectivity index (χ0) is 17.5. The Morgan fingerprint density at radius 1 is 1.09 bits per heavy atom. The van der Waals surface area contributed by atoms with Crippen LogP contribution in [-0.2, 0) is 9.31 Å². The van der Waals surface area contributed by atoms with Gasteiger partial charge in [0.25, 0.3) is 0 Å². The summed E-state index contributed by atoms with van der Waals surface area (Å²) in [7, 11) is -1.49. The predicted octanol–water partition coefficient (Wildman–Crippen LogP) is 4.28. The fourth-order valence-corrected chi connectivity index (χ4v) is 2.36. The molecule has 126 valence electrons. The minimum Gasteiger partial charge on any atom is -0.403 e. The summed E-state index contributed by atoms with van der Waals surface area (Å²) in [6.45, 7) is 6.72. The number of carbonyl (C=O) groups excluding carboxylic acids is 1. The third-order valence-corrected chi connectivity index (χ3v) is 4.52. The first-order valence-electron chi connectivity index (χ1n) is 7.45. The third kappa shape index (κ3) is 3.78. The minimum absolute atomic E-state index is 0.248. The van der Waals surface area contributed by atoms with Gasteiger partial charge in [-0.2, -0.15) is 13.2 Å². The Morgan fingerprint density at radius 3 is 2.00 bits per heavy atom. The molecule has 7 heteroatoms. The Morgan fingerprint density at radius 2 is 1.57 bits per heavy atom. The molecule has 1 aliphatic heterocycles. The zero-order valence-electron chi connectivity index (χ0n) is 13.6. The summed E-state index contributed by atoms with van der Waals surface area (Å²) in [5.74, 6) is -2.58. The van der Waals surface area contributed by atoms with Crippen molar-refractivity contribution in [2.75, 3.05) is 0 Å². The molecule has 1 fully saturated rings. The Bertz CT molecular complexity index is 554. The van der Waals surface area contributed by atoms with Gasteiger partial charge < -0.3 is 9.31 Å². The van der Waals surface area contributed by atoms with Crippen LogP contribution < -0.4 is 0 Å². The number of hydrogen-bond acceptors (Lipinski definition) is 3. The number of Topliss-reactive ketones (excluding diaryl/α,β-unsaturated/α-hetero) is 1. The zero-order valence-corrected chi connectivity index (χ0v) is 13.6. The van der Waals surface area contributed by atoms with Crippen molar-refractivity contribution in [1.29, 1.82) is 0 Å². The Hall–Kier alpha value is -1.34. The summed E-state index contributed by atoms with van der Waals surface area (Å²) in [5, 5.41) is 0. The fourth-order valence-electron chi connectivity index (χ4n) is 2.36. The Balaban J connectivity index is 2.22. The molecule has 0 N–H and O–H groups in total. The van der Waals surface area contributed by atoms with Crippen molar-refractivity contribution in [2.24, 2.45) is 0 Å². The predicted molar refractivity (Wildman–Crippen MR) is 81.3 cm³/mol. The van der Waals surface area contributed by atoms with E-state index in [1.54, 1.807) is 45.9 Å². The van der Waals surface area contributed by atoms with Gasteiger partial charge >= 0.3 is 13.3 Å². The first kappa shape index (κ1) is 18.0. The van der Waals surface area contributed by atoms with Crippen LogP contribution in [0.4, 0.5) is 13.2 Å². The lowest BCUT2D eigenvalue weighted by molar-refractivity contribution is -0.138. The lowest BCUT2D eigenvalue weighted by Crippen LogP contribution is -2.41. The number of alkyl halides is 3. The highest BCUT2D eigenvalue weighted by Gasteiger charge is 2.60. The number of hydrogen-bond donors (Lipinski definition) is 0. The maximum absolute atomic E-state index is 13.4. The van der Waals surface area contributed by atoms with Gasteiger partial charge in [0.1, 0.15) is 0 Å². The van der Waals surface area contributed by atoms with Crippen LogP contribution in [0.25, 0.3) is 0 Å². The number of halogens is 3. The van der Waals surface area contributed by atoms with E-state index in [0.29, 0.717) is 0 Å². The normalized spacial score (nSPS) is 21.3. The Labute approximate surface area is 134 Å². The molecular weight excluding hydrogens is 308 g/mol. The van der Waals surface area contributed by atoms with Crippen LogP contribution in [0.2, 0.25) is 5.82 Å². The third-order valence-electron chi connectivity index (χ3n) is 4.52. The average Bonchev–Trinajstić information content (AvgIpc) is 2.63. The fraction of sp³-hybridized carbons (Fsp3) is 0.562. The van der Waals surface area contributed by atoms with Crippen LogP contribution in [0.15, 0.2) is 30.3 Å². The van der Waals surface area contributed by atoms with E-state index in [1.165, 1.54) is 12.1 Å². The van der Waals surface area contributed by atoms with Crippen molar-refractivity contribution in [3.05, 3.63) is 35.9 Å². The van der Waals surface area contributed by atoms with Gasteiger partial charge in [-0.3, -0.25) is 4.79 Å². The molecule has 0 amide bonds. The first-order valence-corrected chi connectivity index (χ1v) is 7.45. The molecule has 3 nitrogen and oxygen atoms in total. The van der Waals surface area contributed by atoms with Gasteiger partial charge in [-0.25, -0.2) is 0 Å². The second-order valence-electron chi connectivity index (χ2n) is 6.77. The van der Waals surface area contributed by atoms with Crippen molar-refractivity contribution in [3.8, 4) is 0 Å². The van der Waals surface area contributed by atoms with Crippen molar-refractivity contribution >= 4 is 12.9 Å². The summed E-state index contributed by atoms with van der Waals surface area (Å²) >= 11 is 0. The molecule has 0 saturated carbocycles. The van der Waals surface area contributed by atoms with Gasteiger partial charge in [0, 0.05) is 12.0 Å². The maximum atomic E-state index is 13.4. The molecule has 0 bridgehead atoms. The van der Waals surface area contributed by atoms with Crippen molar-refractivity contribution in [3.63, 3.8) is 0 Å². The highest BCUT2D eigenvalue weighted by molar-refractivity contribution is 6.48.